The molecule has 0 bridgehead atoms. The third-order valence-electron chi connectivity index (χ3n) is 4.48. The van der Waals surface area contributed by atoms with Gasteiger partial charge < -0.3 is 9.64 Å². The Labute approximate surface area is 159 Å². The van der Waals surface area contributed by atoms with Crippen LogP contribution in [-0.2, 0) is 0 Å². The first kappa shape index (κ1) is 18.6. The Morgan fingerprint density at radius 1 is 1.08 bits per heavy atom. The number of anilines is 1. The predicted octanol–water partition coefficient (Wildman–Crippen LogP) is 5.61. The summed E-state index contributed by atoms with van der Waals surface area (Å²) in [5.74, 6) is 2.77. The topological polar surface area (TPSA) is 38.2 Å². The van der Waals surface area contributed by atoms with E-state index in [4.69, 9.17) is 14.7 Å². The summed E-state index contributed by atoms with van der Waals surface area (Å²) in [6.07, 6.45) is 2.33. The molecule has 138 valence electrons. The second-order valence-electron chi connectivity index (χ2n) is 6.54. The molecule has 0 aliphatic heterocycles. The molecule has 0 aliphatic rings. The molecule has 26 heavy (non-hydrogen) atoms. The van der Waals surface area contributed by atoms with Gasteiger partial charge in [0, 0.05) is 24.0 Å². The van der Waals surface area contributed by atoms with Crippen LogP contribution >= 0.6 is 11.3 Å². The highest BCUT2D eigenvalue weighted by atomic mass is 32.1. The second kappa shape index (κ2) is 8.04. The zero-order chi connectivity index (χ0) is 18.7. The fraction of sp³-hybridized carbons (Fsp3) is 0.429. The first-order valence-corrected chi connectivity index (χ1v) is 10.1. The van der Waals surface area contributed by atoms with Crippen molar-refractivity contribution in [3.63, 3.8) is 0 Å². The van der Waals surface area contributed by atoms with Crippen molar-refractivity contribution in [1.82, 2.24) is 9.97 Å². The number of unbranched alkanes of at least 4 members (excludes halogenated alkanes) is 1. The number of fused-ring (bicyclic) bond motifs is 1. The van der Waals surface area contributed by atoms with Crippen LogP contribution in [0, 0.1) is 13.8 Å². The van der Waals surface area contributed by atoms with E-state index in [-0.39, 0.29) is 0 Å². The van der Waals surface area contributed by atoms with Gasteiger partial charge in [-0.25, -0.2) is 9.97 Å². The Hall–Kier alpha value is -2.14. The summed E-state index contributed by atoms with van der Waals surface area (Å²) in [6.45, 7) is 10.0. The summed E-state index contributed by atoms with van der Waals surface area (Å²) in [7, 11) is 2.13. The Kier molecular flexibility index (Phi) is 5.77. The summed E-state index contributed by atoms with van der Waals surface area (Å²) in [5, 5.41) is 1.17. The molecule has 0 radical (unpaired) electrons. The highest BCUT2D eigenvalue weighted by molar-refractivity contribution is 7.19. The number of thiophene rings is 1. The van der Waals surface area contributed by atoms with Gasteiger partial charge in [-0.3, -0.25) is 0 Å². The summed E-state index contributed by atoms with van der Waals surface area (Å²) >= 11 is 1.75. The van der Waals surface area contributed by atoms with Gasteiger partial charge >= 0.3 is 0 Å². The molecule has 0 saturated carbocycles. The number of hydrogen-bond acceptors (Lipinski definition) is 5. The lowest BCUT2D eigenvalue weighted by molar-refractivity contribution is 0.340. The van der Waals surface area contributed by atoms with Crippen LogP contribution < -0.4 is 9.64 Å². The van der Waals surface area contributed by atoms with E-state index in [2.05, 4.69) is 37.9 Å². The van der Waals surface area contributed by atoms with Gasteiger partial charge in [-0.15, -0.1) is 11.3 Å². The molecular formula is C21H27N3OS. The van der Waals surface area contributed by atoms with Crippen molar-refractivity contribution in [3.05, 3.63) is 35.0 Å². The van der Waals surface area contributed by atoms with E-state index in [1.54, 1.807) is 11.3 Å². The van der Waals surface area contributed by atoms with Gasteiger partial charge in [0.25, 0.3) is 0 Å². The van der Waals surface area contributed by atoms with Crippen molar-refractivity contribution in [2.24, 2.45) is 0 Å². The van der Waals surface area contributed by atoms with Crippen molar-refractivity contribution in [2.45, 2.75) is 40.5 Å². The standard InChI is InChI=1S/C21H27N3OS/c1-6-8-13-24(5)20-19-18(14(3)26-21(19)23-15(4)22-20)16-9-11-17(12-10-16)25-7-2/h9-12H,6-8,13H2,1-5H3. The average Bonchev–Trinajstić information content (AvgIpc) is 2.95. The van der Waals surface area contributed by atoms with E-state index in [1.165, 1.54) is 27.8 Å². The van der Waals surface area contributed by atoms with Gasteiger partial charge in [-0.1, -0.05) is 25.5 Å². The van der Waals surface area contributed by atoms with E-state index in [9.17, 15) is 0 Å². The zero-order valence-corrected chi connectivity index (χ0v) is 17.1. The molecule has 3 rings (SSSR count). The maximum absolute atomic E-state index is 5.59. The molecule has 0 spiro atoms. The molecule has 5 heteroatoms. The average molecular weight is 370 g/mol. The van der Waals surface area contributed by atoms with Crippen molar-refractivity contribution in [1.29, 1.82) is 0 Å². The van der Waals surface area contributed by atoms with Gasteiger partial charge in [-0.2, -0.15) is 0 Å². The van der Waals surface area contributed by atoms with Crippen LogP contribution in [0.4, 0.5) is 5.82 Å². The fourth-order valence-corrected chi connectivity index (χ4v) is 4.29. The molecule has 4 nitrogen and oxygen atoms in total. The van der Waals surface area contributed by atoms with Crippen LogP contribution in [0.5, 0.6) is 5.75 Å². The van der Waals surface area contributed by atoms with Crippen LogP contribution in [-0.4, -0.2) is 30.2 Å². The number of rotatable bonds is 7. The molecular weight excluding hydrogens is 342 g/mol. The van der Waals surface area contributed by atoms with E-state index < -0.39 is 0 Å². The van der Waals surface area contributed by atoms with Gasteiger partial charge in [-0.05, 0) is 44.9 Å². The Morgan fingerprint density at radius 3 is 2.46 bits per heavy atom. The summed E-state index contributed by atoms with van der Waals surface area (Å²) in [4.78, 5) is 14.1. The predicted molar refractivity (Wildman–Crippen MR) is 112 cm³/mol. The molecule has 0 atom stereocenters. The number of hydrogen-bond donors (Lipinski definition) is 0. The van der Waals surface area contributed by atoms with E-state index in [0.29, 0.717) is 6.61 Å². The van der Waals surface area contributed by atoms with Gasteiger partial charge in [0.05, 0.1) is 12.0 Å². The minimum absolute atomic E-state index is 0.680. The second-order valence-corrected chi connectivity index (χ2v) is 7.74. The Morgan fingerprint density at radius 2 is 1.81 bits per heavy atom. The molecule has 0 aliphatic carbocycles. The lowest BCUT2D eigenvalue weighted by atomic mass is 10.0. The first-order valence-electron chi connectivity index (χ1n) is 9.27. The van der Waals surface area contributed by atoms with Crippen LogP contribution in [0.15, 0.2) is 24.3 Å². The highest BCUT2D eigenvalue weighted by Gasteiger charge is 2.19. The maximum Gasteiger partial charge on any atom is 0.141 e. The van der Waals surface area contributed by atoms with E-state index in [0.717, 1.165) is 35.2 Å². The first-order chi connectivity index (χ1) is 12.5. The van der Waals surface area contributed by atoms with Crippen LogP contribution in [0.2, 0.25) is 0 Å². The lowest BCUT2D eigenvalue weighted by Crippen LogP contribution is -2.20. The monoisotopic (exact) mass is 369 g/mol. The molecule has 2 heterocycles. The van der Waals surface area contributed by atoms with Gasteiger partial charge in [0.1, 0.15) is 22.2 Å². The molecule has 3 aromatic rings. The SMILES string of the molecule is CCCCN(C)c1nc(C)nc2sc(C)c(-c3ccc(OCC)cc3)c12. The molecule has 0 N–H and O–H groups in total. The summed E-state index contributed by atoms with van der Waals surface area (Å²) < 4.78 is 5.59. The van der Waals surface area contributed by atoms with Crippen LogP contribution in [0.25, 0.3) is 21.3 Å². The smallest absolute Gasteiger partial charge is 0.141 e. The number of nitrogens with zero attached hydrogens (tertiary/aromatic N) is 3. The van der Waals surface area contributed by atoms with Crippen molar-refractivity contribution >= 4 is 27.4 Å². The maximum atomic E-state index is 5.59. The molecule has 2 aromatic heterocycles. The van der Waals surface area contributed by atoms with E-state index >= 15 is 0 Å². The minimum Gasteiger partial charge on any atom is -0.494 e. The summed E-state index contributed by atoms with van der Waals surface area (Å²) in [5.41, 5.74) is 2.43. The number of ether oxygens (including phenoxy) is 1. The molecule has 1 aromatic carbocycles. The van der Waals surface area contributed by atoms with Crippen molar-refractivity contribution in [3.8, 4) is 16.9 Å². The molecule has 0 saturated heterocycles. The lowest BCUT2D eigenvalue weighted by Gasteiger charge is -2.20. The highest BCUT2D eigenvalue weighted by Crippen LogP contribution is 2.41. The molecule has 0 unspecified atom stereocenters. The van der Waals surface area contributed by atoms with E-state index in [1.807, 2.05) is 26.0 Å². The largest absolute Gasteiger partial charge is 0.494 e. The quantitative estimate of drug-likeness (QED) is 0.542. The third kappa shape index (κ3) is 3.68. The molecule has 0 amide bonds. The zero-order valence-electron chi connectivity index (χ0n) is 16.3. The van der Waals surface area contributed by atoms with Gasteiger partial charge in [0.15, 0.2) is 0 Å². The fourth-order valence-electron chi connectivity index (χ4n) is 3.21. The number of benzene rings is 1. The van der Waals surface area contributed by atoms with Crippen molar-refractivity contribution < 1.29 is 4.74 Å². The Bertz CT molecular complexity index is 886. The summed E-state index contributed by atoms with van der Waals surface area (Å²) in [6, 6.07) is 8.35. The normalized spacial score (nSPS) is 11.1. The minimum atomic E-state index is 0.680. The third-order valence-corrected chi connectivity index (χ3v) is 5.48. The van der Waals surface area contributed by atoms with Crippen molar-refractivity contribution in [2.75, 3.05) is 25.1 Å². The Balaban J connectivity index is 2.14. The van der Waals surface area contributed by atoms with Gasteiger partial charge in [0.2, 0.25) is 0 Å². The molecule has 0 fully saturated rings. The number of aromatic nitrogens is 2. The number of aryl methyl sites for hydroxylation is 2. The van der Waals surface area contributed by atoms with Crippen LogP contribution in [0.3, 0.4) is 0 Å². The van der Waals surface area contributed by atoms with Crippen LogP contribution in [0.1, 0.15) is 37.4 Å².